The number of carbonyl (C=O) groups excluding carboxylic acids is 3. The van der Waals surface area contributed by atoms with Gasteiger partial charge >= 0.3 is 4.87 Å². The number of nitrogens with zero attached hydrogens (tertiary/aromatic N) is 1. The highest BCUT2D eigenvalue weighted by Gasteiger charge is 2.70. The van der Waals surface area contributed by atoms with Gasteiger partial charge in [0.2, 0.25) is 17.7 Å². The molecular formula is C23H22ClN3O4S2. The average Bonchev–Trinajstić information content (AvgIpc) is 3.48. The van der Waals surface area contributed by atoms with Gasteiger partial charge < -0.3 is 10.3 Å². The minimum absolute atomic E-state index is 0.0573. The number of amides is 3. The van der Waals surface area contributed by atoms with Crippen LogP contribution in [-0.2, 0) is 19.8 Å². The number of hydrogen-bond donors (Lipinski definition) is 2. The van der Waals surface area contributed by atoms with Gasteiger partial charge in [0.25, 0.3) is 0 Å². The molecule has 1 aromatic carbocycles. The van der Waals surface area contributed by atoms with Crippen molar-refractivity contribution in [2.45, 2.75) is 36.0 Å². The Labute approximate surface area is 203 Å². The minimum atomic E-state index is -0.404. The highest BCUT2D eigenvalue weighted by atomic mass is 35.5. The predicted octanol–water partition coefficient (Wildman–Crippen LogP) is 3.35. The Bertz CT molecular complexity index is 1250. The lowest BCUT2D eigenvalue weighted by Gasteiger charge is -2.47. The minimum Gasteiger partial charge on any atom is -0.325 e. The molecule has 6 rings (SSSR count). The Hall–Kier alpha value is -2.10. The predicted molar refractivity (Wildman–Crippen MR) is 126 cm³/mol. The van der Waals surface area contributed by atoms with Crippen LogP contribution in [0.5, 0.6) is 0 Å². The van der Waals surface area contributed by atoms with Crippen molar-refractivity contribution in [2.24, 2.45) is 29.6 Å². The lowest BCUT2D eigenvalue weighted by atomic mass is 9.64. The molecule has 6 atom stereocenters. The van der Waals surface area contributed by atoms with Gasteiger partial charge in [0.15, 0.2) is 0 Å². The van der Waals surface area contributed by atoms with Gasteiger partial charge in [0, 0.05) is 26.3 Å². The highest BCUT2D eigenvalue weighted by molar-refractivity contribution is 8.00. The first kappa shape index (κ1) is 21.4. The summed E-state index contributed by atoms with van der Waals surface area (Å²) >= 11 is 8.81. The van der Waals surface area contributed by atoms with Crippen molar-refractivity contribution in [3.8, 4) is 0 Å². The maximum Gasteiger partial charge on any atom is 0.305 e. The molecule has 2 saturated carbocycles. The fourth-order valence-electron chi connectivity index (χ4n) is 6.75. The third-order valence-corrected chi connectivity index (χ3v) is 11.0. The van der Waals surface area contributed by atoms with Crippen LogP contribution in [0.25, 0.3) is 0 Å². The zero-order chi connectivity index (χ0) is 23.2. The standard InChI is InChI=1S/C23H22ClN3O4S2/c1-23(2)16-11-7-12(17(16)32-19-18(23)33-22(31)26-19)15-14(11)20(29)27(21(15)30)8-13(28)25-10-5-3-9(24)4-6-10/h3-6,11-12,14-17H,7-8H2,1-2H3,(H,25,28)(H,26,31)/t11-,12-,14-,15+,16+,17+/m0/s1. The molecule has 3 fully saturated rings. The van der Waals surface area contributed by atoms with E-state index in [1.54, 1.807) is 36.0 Å². The molecule has 172 valence electrons. The van der Waals surface area contributed by atoms with E-state index in [4.69, 9.17) is 11.6 Å². The average molecular weight is 504 g/mol. The van der Waals surface area contributed by atoms with Crippen molar-refractivity contribution in [3.63, 3.8) is 0 Å². The maximum absolute atomic E-state index is 13.4. The number of benzene rings is 1. The Morgan fingerprint density at radius 2 is 1.82 bits per heavy atom. The molecule has 4 aliphatic rings. The summed E-state index contributed by atoms with van der Waals surface area (Å²) in [4.78, 5) is 56.5. The summed E-state index contributed by atoms with van der Waals surface area (Å²) in [6.07, 6.45) is 0.850. The SMILES string of the molecule is CC1(C)c2sc(=O)[nH]c2S[C@@H]2[C@H]3C[C@@H]([C@@H]4C(=O)N(CC(=O)Nc5ccc(Cl)cc5)C(=O)[C@H]34)[C@H]21. The van der Waals surface area contributed by atoms with Crippen molar-refractivity contribution < 1.29 is 14.4 Å². The molecule has 0 radical (unpaired) electrons. The van der Waals surface area contributed by atoms with Crippen LogP contribution in [0, 0.1) is 29.6 Å². The number of fused-ring (bicyclic) bond motifs is 9. The zero-order valence-electron chi connectivity index (χ0n) is 18.0. The van der Waals surface area contributed by atoms with Crippen molar-refractivity contribution in [2.75, 3.05) is 11.9 Å². The van der Waals surface area contributed by atoms with Crippen LogP contribution in [0.15, 0.2) is 34.1 Å². The van der Waals surface area contributed by atoms with E-state index < -0.39 is 5.91 Å². The topological polar surface area (TPSA) is 99.3 Å². The number of carbonyl (C=O) groups is 3. The number of rotatable bonds is 3. The lowest BCUT2D eigenvalue weighted by Crippen LogP contribution is -2.48. The number of aromatic nitrogens is 1. The number of likely N-dealkylation sites (tertiary alicyclic amines) is 1. The summed E-state index contributed by atoms with van der Waals surface area (Å²) in [6.45, 7) is 4.03. The molecule has 2 aliphatic heterocycles. The summed E-state index contributed by atoms with van der Waals surface area (Å²) in [5.41, 5.74) is 0.315. The van der Waals surface area contributed by atoms with Gasteiger partial charge in [0.05, 0.1) is 16.9 Å². The van der Waals surface area contributed by atoms with Gasteiger partial charge in [-0.1, -0.05) is 36.8 Å². The Morgan fingerprint density at radius 3 is 2.52 bits per heavy atom. The molecule has 10 heteroatoms. The molecule has 7 nitrogen and oxygen atoms in total. The number of thioether (sulfide) groups is 1. The summed E-state index contributed by atoms with van der Waals surface area (Å²) in [7, 11) is 0. The first-order valence-electron chi connectivity index (χ1n) is 11.0. The van der Waals surface area contributed by atoms with E-state index in [-0.39, 0.29) is 63.5 Å². The van der Waals surface area contributed by atoms with E-state index in [0.717, 1.165) is 21.2 Å². The number of anilines is 1. The van der Waals surface area contributed by atoms with Crippen molar-refractivity contribution in [1.82, 2.24) is 9.88 Å². The lowest BCUT2D eigenvalue weighted by molar-refractivity contribution is -0.143. The largest absolute Gasteiger partial charge is 0.325 e. The molecule has 1 saturated heterocycles. The van der Waals surface area contributed by atoms with E-state index in [9.17, 15) is 19.2 Å². The Balaban J connectivity index is 1.25. The van der Waals surface area contributed by atoms with Crippen LogP contribution in [-0.4, -0.2) is 39.4 Å². The molecular weight excluding hydrogens is 482 g/mol. The first-order chi connectivity index (χ1) is 15.7. The molecule has 2 aliphatic carbocycles. The molecule has 2 N–H and O–H groups in total. The molecule has 1 aromatic heterocycles. The van der Waals surface area contributed by atoms with Crippen LogP contribution in [0.3, 0.4) is 0 Å². The number of aromatic amines is 1. The highest BCUT2D eigenvalue weighted by Crippen LogP contribution is 2.68. The Morgan fingerprint density at radius 1 is 1.15 bits per heavy atom. The number of hydrogen-bond acceptors (Lipinski definition) is 6. The number of H-pyrrole nitrogens is 1. The van der Waals surface area contributed by atoms with Crippen molar-refractivity contribution in [3.05, 3.63) is 43.8 Å². The van der Waals surface area contributed by atoms with E-state index in [2.05, 4.69) is 24.1 Å². The van der Waals surface area contributed by atoms with Crippen molar-refractivity contribution >= 4 is 58.1 Å². The third-order valence-electron chi connectivity index (χ3n) is 7.91. The third kappa shape index (κ3) is 3.01. The van der Waals surface area contributed by atoms with Crippen LogP contribution in [0.2, 0.25) is 5.02 Å². The Kier molecular flexibility index (Phi) is 4.68. The van der Waals surface area contributed by atoms with Gasteiger partial charge in [-0.3, -0.25) is 24.1 Å². The van der Waals surface area contributed by atoms with Gasteiger partial charge in [-0.25, -0.2) is 0 Å². The fourth-order valence-corrected chi connectivity index (χ4v) is 10.0. The molecule has 3 heterocycles. The van der Waals surface area contributed by atoms with Crippen LogP contribution in [0.1, 0.15) is 25.1 Å². The second-order valence-corrected chi connectivity index (χ2v) is 12.5. The maximum atomic E-state index is 13.4. The van der Waals surface area contributed by atoms with Crippen LogP contribution in [0.4, 0.5) is 5.69 Å². The molecule has 33 heavy (non-hydrogen) atoms. The zero-order valence-corrected chi connectivity index (χ0v) is 20.4. The van der Waals surface area contributed by atoms with Gasteiger partial charge in [-0.2, -0.15) is 0 Å². The second-order valence-electron chi connectivity index (χ2n) is 9.94. The monoisotopic (exact) mass is 503 g/mol. The number of halogens is 1. The molecule has 0 unspecified atom stereocenters. The number of thiazole rings is 1. The first-order valence-corrected chi connectivity index (χ1v) is 13.0. The molecule has 2 bridgehead atoms. The van der Waals surface area contributed by atoms with E-state index >= 15 is 0 Å². The van der Waals surface area contributed by atoms with Gasteiger partial charge in [0.1, 0.15) is 6.54 Å². The molecule has 0 spiro atoms. The molecule has 2 aromatic rings. The summed E-state index contributed by atoms with van der Waals surface area (Å²) < 4.78 is 0. The van der Waals surface area contributed by atoms with E-state index in [1.807, 2.05) is 0 Å². The van der Waals surface area contributed by atoms with Crippen LogP contribution < -0.4 is 10.2 Å². The molecule has 3 amide bonds. The summed E-state index contributed by atoms with van der Waals surface area (Å²) in [5.74, 6) is -1.23. The fraction of sp³-hybridized carbons (Fsp3) is 0.478. The quantitative estimate of drug-likeness (QED) is 0.626. The van der Waals surface area contributed by atoms with Gasteiger partial charge in [-0.05, 0) is 48.4 Å². The summed E-state index contributed by atoms with van der Waals surface area (Å²) in [5, 5.41) is 4.39. The van der Waals surface area contributed by atoms with Crippen molar-refractivity contribution in [1.29, 1.82) is 0 Å². The van der Waals surface area contributed by atoms with E-state index in [0.29, 0.717) is 10.7 Å². The second kappa shape index (κ2) is 7.20. The normalized spacial score (nSPS) is 33.1. The van der Waals surface area contributed by atoms with Gasteiger partial charge in [-0.15, -0.1) is 11.8 Å². The number of nitrogens with one attached hydrogen (secondary N) is 2. The van der Waals surface area contributed by atoms with E-state index in [1.165, 1.54) is 11.3 Å². The van der Waals surface area contributed by atoms with Crippen LogP contribution >= 0.6 is 34.7 Å². The summed E-state index contributed by atoms with van der Waals surface area (Å²) in [6, 6.07) is 6.68. The number of imide groups is 1. The smallest absolute Gasteiger partial charge is 0.305 e.